The van der Waals surface area contributed by atoms with Crippen molar-refractivity contribution in [3.8, 4) is 0 Å². The largest absolute Gasteiger partial charge is 0.434 e. The Balaban J connectivity index is 1.57. The van der Waals surface area contributed by atoms with Gasteiger partial charge in [0.05, 0.1) is 5.57 Å². The number of hydrogen-bond donors (Lipinski definition) is 4. The Morgan fingerprint density at radius 3 is 2.38 bits per heavy atom. The highest BCUT2D eigenvalue weighted by atomic mass is 35.5. The summed E-state index contributed by atoms with van der Waals surface area (Å²) in [6.07, 6.45) is -5.21. The van der Waals surface area contributed by atoms with Crippen molar-refractivity contribution in [3.05, 3.63) is 41.9 Å². The summed E-state index contributed by atoms with van der Waals surface area (Å²) < 4.78 is 77.1. The minimum atomic E-state index is -4.56. The fourth-order valence-electron chi connectivity index (χ4n) is 3.62. The molecule has 0 radical (unpaired) electrons. The van der Waals surface area contributed by atoms with Crippen LogP contribution in [0.2, 0.25) is 0 Å². The van der Waals surface area contributed by atoms with E-state index in [1.165, 1.54) is 10.5 Å². The first kappa shape index (κ1) is 25.7. The number of fused-ring (bicyclic) bond motifs is 1. The number of pyridine rings is 1. The minimum absolute atomic E-state index is 0.0784. The molecule has 7 nitrogen and oxygen atoms in total. The van der Waals surface area contributed by atoms with Gasteiger partial charge in [-0.25, -0.2) is 4.98 Å². The Kier molecular flexibility index (Phi) is 7.64. The van der Waals surface area contributed by atoms with Crippen LogP contribution < -0.4 is 16.0 Å². The number of carbonyl (C=O) groups excluding carboxylic acids is 1. The zero-order chi connectivity index (χ0) is 25.1. The second-order valence-electron chi connectivity index (χ2n) is 7.80. The number of anilines is 1. The summed E-state index contributed by atoms with van der Waals surface area (Å²) in [6, 6.07) is 4.33. The standard InChI is InChI=1S/C20H21ClF6N6O/c21-17(28)13(8-29-10-19(22,23)24)18(34)31-12-6-4-11(5-7-12)30-15-2-1-3-16-32-14(9-33(15)16)20(25,26)27/h1-3,8-9,11-12,28-30H,4-7,10H2,(H,31,34)/b13-8+,28-17?. The van der Waals surface area contributed by atoms with Crippen LogP contribution in [0.5, 0.6) is 0 Å². The summed E-state index contributed by atoms with van der Waals surface area (Å²) >= 11 is 5.54. The lowest BCUT2D eigenvalue weighted by molar-refractivity contribution is -0.140. The van der Waals surface area contributed by atoms with Gasteiger partial charge in [-0.15, -0.1) is 0 Å². The van der Waals surface area contributed by atoms with Gasteiger partial charge in [0.15, 0.2) is 5.69 Å². The summed E-state index contributed by atoms with van der Waals surface area (Å²) in [7, 11) is 0. The molecule has 0 bridgehead atoms. The van der Waals surface area contributed by atoms with Crippen LogP contribution in [0.1, 0.15) is 31.4 Å². The number of imidazole rings is 1. The van der Waals surface area contributed by atoms with Crippen molar-refractivity contribution in [2.75, 3.05) is 11.9 Å². The summed E-state index contributed by atoms with van der Waals surface area (Å²) in [5, 5.41) is 14.5. The number of carbonyl (C=O) groups is 1. The number of aromatic nitrogens is 2. The van der Waals surface area contributed by atoms with Gasteiger partial charge in [-0.2, -0.15) is 26.3 Å². The highest BCUT2D eigenvalue weighted by Crippen LogP contribution is 2.30. The average Bonchev–Trinajstić information content (AvgIpc) is 3.17. The van der Waals surface area contributed by atoms with E-state index in [9.17, 15) is 31.1 Å². The predicted octanol–water partition coefficient (Wildman–Crippen LogP) is 4.44. The van der Waals surface area contributed by atoms with Crippen LogP contribution in [0.15, 0.2) is 36.2 Å². The normalized spacial score (nSPS) is 19.7. The van der Waals surface area contributed by atoms with Gasteiger partial charge in [-0.1, -0.05) is 17.7 Å². The van der Waals surface area contributed by atoms with Gasteiger partial charge < -0.3 is 16.0 Å². The Morgan fingerprint density at radius 1 is 1.15 bits per heavy atom. The first-order valence-corrected chi connectivity index (χ1v) is 10.6. The minimum Gasteiger partial charge on any atom is -0.382 e. The molecule has 0 atom stereocenters. The highest BCUT2D eigenvalue weighted by Gasteiger charge is 2.34. The monoisotopic (exact) mass is 510 g/mol. The zero-order valence-corrected chi connectivity index (χ0v) is 18.3. The van der Waals surface area contributed by atoms with Crippen LogP contribution in [-0.4, -0.2) is 45.3 Å². The van der Waals surface area contributed by atoms with Crippen LogP contribution in [0.4, 0.5) is 32.2 Å². The lowest BCUT2D eigenvalue weighted by Crippen LogP contribution is -2.41. The molecule has 34 heavy (non-hydrogen) atoms. The van der Waals surface area contributed by atoms with E-state index in [0.717, 1.165) is 12.4 Å². The molecule has 0 saturated heterocycles. The van der Waals surface area contributed by atoms with E-state index in [1.54, 1.807) is 12.1 Å². The Hall–Kier alpha value is -2.96. The fourth-order valence-corrected chi connectivity index (χ4v) is 3.76. The summed E-state index contributed by atoms with van der Waals surface area (Å²) in [5.41, 5.74) is -1.26. The molecule has 1 aliphatic rings. The lowest BCUT2D eigenvalue weighted by atomic mass is 9.91. The molecule has 2 aromatic heterocycles. The van der Waals surface area contributed by atoms with Gasteiger partial charge in [-0.05, 0) is 37.8 Å². The van der Waals surface area contributed by atoms with Crippen LogP contribution in [0.25, 0.3) is 5.65 Å². The fraction of sp³-hybridized carbons (Fsp3) is 0.450. The SMILES string of the molecule is N=C(Cl)/C(=C\NCC(F)(F)F)C(=O)NC1CCC(Nc2cccc3nc(C(F)(F)F)cn23)CC1. The molecule has 0 aromatic carbocycles. The van der Waals surface area contributed by atoms with Crippen molar-refractivity contribution in [3.63, 3.8) is 0 Å². The maximum atomic E-state index is 13.0. The molecule has 2 heterocycles. The number of nitrogens with zero attached hydrogens (tertiary/aromatic N) is 2. The second-order valence-corrected chi connectivity index (χ2v) is 8.18. The van der Waals surface area contributed by atoms with E-state index in [-0.39, 0.29) is 17.7 Å². The molecule has 4 N–H and O–H groups in total. The second kappa shape index (κ2) is 10.1. The first-order chi connectivity index (χ1) is 15.8. The molecule has 14 heteroatoms. The number of amides is 1. The van der Waals surface area contributed by atoms with Gasteiger partial charge >= 0.3 is 12.4 Å². The average molecular weight is 511 g/mol. The van der Waals surface area contributed by atoms with E-state index in [1.807, 2.05) is 5.32 Å². The molecule has 1 fully saturated rings. The first-order valence-electron chi connectivity index (χ1n) is 10.2. The topological polar surface area (TPSA) is 94.3 Å². The molecular weight excluding hydrogens is 490 g/mol. The van der Waals surface area contributed by atoms with E-state index in [0.29, 0.717) is 31.5 Å². The van der Waals surface area contributed by atoms with Gasteiger partial charge in [0.1, 0.15) is 23.2 Å². The third kappa shape index (κ3) is 6.78. The third-order valence-electron chi connectivity index (χ3n) is 5.23. The summed E-state index contributed by atoms with van der Waals surface area (Å²) in [4.78, 5) is 16.0. The summed E-state index contributed by atoms with van der Waals surface area (Å²) in [5.74, 6) is -0.321. The third-order valence-corrected chi connectivity index (χ3v) is 5.43. The summed E-state index contributed by atoms with van der Waals surface area (Å²) in [6.45, 7) is -1.38. The molecule has 1 amide bonds. The number of hydrogen-bond acceptors (Lipinski definition) is 5. The molecule has 2 aromatic rings. The smallest absolute Gasteiger partial charge is 0.382 e. The maximum Gasteiger partial charge on any atom is 0.434 e. The van der Waals surface area contributed by atoms with Crippen molar-refractivity contribution in [2.45, 2.75) is 50.1 Å². The highest BCUT2D eigenvalue weighted by molar-refractivity contribution is 6.71. The van der Waals surface area contributed by atoms with Crippen LogP contribution in [0, 0.1) is 5.41 Å². The van der Waals surface area contributed by atoms with Gasteiger partial charge in [0.2, 0.25) is 0 Å². The number of alkyl halides is 6. The molecule has 0 unspecified atom stereocenters. The molecule has 0 aliphatic heterocycles. The molecule has 1 aliphatic carbocycles. The predicted molar refractivity (Wildman–Crippen MR) is 114 cm³/mol. The van der Waals surface area contributed by atoms with E-state index in [2.05, 4.69) is 15.6 Å². The van der Waals surface area contributed by atoms with Crippen LogP contribution in [-0.2, 0) is 11.0 Å². The van der Waals surface area contributed by atoms with E-state index < -0.39 is 41.2 Å². The van der Waals surface area contributed by atoms with Crippen LogP contribution in [0.3, 0.4) is 0 Å². The van der Waals surface area contributed by atoms with Crippen molar-refractivity contribution < 1.29 is 31.1 Å². The van der Waals surface area contributed by atoms with Gasteiger partial charge in [0.25, 0.3) is 5.91 Å². The number of halogens is 7. The Bertz CT molecular complexity index is 1070. The number of nitrogens with one attached hydrogen (secondary N) is 4. The molecule has 186 valence electrons. The van der Waals surface area contributed by atoms with Crippen molar-refractivity contribution in [1.82, 2.24) is 20.0 Å². The van der Waals surface area contributed by atoms with Crippen molar-refractivity contribution >= 4 is 34.1 Å². The lowest BCUT2D eigenvalue weighted by Gasteiger charge is -2.30. The van der Waals surface area contributed by atoms with Crippen molar-refractivity contribution in [1.29, 1.82) is 5.41 Å². The van der Waals surface area contributed by atoms with Gasteiger partial charge in [0, 0.05) is 24.5 Å². The molecule has 3 rings (SSSR count). The maximum absolute atomic E-state index is 13.0. The van der Waals surface area contributed by atoms with E-state index in [4.69, 9.17) is 17.0 Å². The van der Waals surface area contributed by atoms with Crippen LogP contribution >= 0.6 is 11.6 Å². The Morgan fingerprint density at radius 2 is 1.79 bits per heavy atom. The van der Waals surface area contributed by atoms with E-state index >= 15 is 0 Å². The Labute approximate surface area is 195 Å². The molecule has 0 spiro atoms. The van der Waals surface area contributed by atoms with Gasteiger partial charge in [-0.3, -0.25) is 14.6 Å². The van der Waals surface area contributed by atoms with Crippen molar-refractivity contribution in [2.24, 2.45) is 0 Å². The quantitative estimate of drug-likeness (QED) is 0.252. The molecular formula is C20H21ClF6N6O. The molecule has 1 saturated carbocycles. The zero-order valence-electron chi connectivity index (χ0n) is 17.5. The number of rotatable bonds is 7.